The number of aromatic nitrogens is 3. The first-order chi connectivity index (χ1) is 13.1. The van der Waals surface area contributed by atoms with Gasteiger partial charge in [0, 0.05) is 30.6 Å². The van der Waals surface area contributed by atoms with Crippen molar-refractivity contribution in [2.75, 3.05) is 23.8 Å². The predicted molar refractivity (Wildman–Crippen MR) is 101 cm³/mol. The molecular weight excluding hydrogens is 349 g/mol. The van der Waals surface area contributed by atoms with Crippen LogP contribution in [0.25, 0.3) is 0 Å². The van der Waals surface area contributed by atoms with Crippen molar-refractivity contribution < 1.29 is 14.2 Å². The van der Waals surface area contributed by atoms with E-state index in [-0.39, 0.29) is 25.1 Å². The Morgan fingerprint density at radius 2 is 1.89 bits per heavy atom. The summed E-state index contributed by atoms with van der Waals surface area (Å²) in [6.45, 7) is 2.03. The number of ether oxygens (including phenoxy) is 1. The maximum atomic E-state index is 13.1. The lowest BCUT2D eigenvalue weighted by atomic mass is 10.1. The lowest BCUT2D eigenvalue weighted by Gasteiger charge is -2.17. The van der Waals surface area contributed by atoms with Crippen LogP contribution in [-0.2, 0) is 0 Å². The van der Waals surface area contributed by atoms with Crippen molar-refractivity contribution in [2.24, 2.45) is 0 Å². The molecule has 27 heavy (non-hydrogen) atoms. The molecule has 0 amide bonds. The fourth-order valence-electron chi connectivity index (χ4n) is 2.44. The van der Waals surface area contributed by atoms with Crippen molar-refractivity contribution in [3.63, 3.8) is 0 Å². The van der Waals surface area contributed by atoms with Gasteiger partial charge >= 0.3 is 0 Å². The fraction of sp³-hybridized carbons (Fsp3) is 0.211. The van der Waals surface area contributed by atoms with Gasteiger partial charge in [-0.15, -0.1) is 0 Å². The minimum atomic E-state index is -0.279. The van der Waals surface area contributed by atoms with Gasteiger partial charge in [0.15, 0.2) is 0 Å². The second-order valence-corrected chi connectivity index (χ2v) is 5.78. The molecule has 7 nitrogen and oxygen atoms in total. The third kappa shape index (κ3) is 5.35. The first kappa shape index (κ1) is 18.5. The molecule has 2 aromatic heterocycles. The number of pyridine rings is 1. The Morgan fingerprint density at radius 3 is 2.59 bits per heavy atom. The molecule has 0 aliphatic rings. The number of nitrogens with zero attached hydrogens (tertiary/aromatic N) is 3. The topological polar surface area (TPSA) is 92.2 Å². The van der Waals surface area contributed by atoms with Crippen molar-refractivity contribution in [3.05, 3.63) is 66.4 Å². The highest BCUT2D eigenvalue weighted by Gasteiger charge is 2.10. The molecule has 0 fully saturated rings. The molecule has 0 unspecified atom stereocenters. The number of aliphatic hydroxyl groups excluding tert-OH is 1. The third-order valence-corrected chi connectivity index (χ3v) is 3.71. The highest BCUT2D eigenvalue weighted by molar-refractivity contribution is 5.58. The van der Waals surface area contributed by atoms with Crippen LogP contribution in [0.3, 0.4) is 0 Å². The highest BCUT2D eigenvalue weighted by Crippen LogP contribution is 2.26. The minimum absolute atomic E-state index is 0.0933. The number of rotatable bonds is 8. The molecule has 0 saturated heterocycles. The molecule has 0 saturated carbocycles. The molecule has 0 aliphatic carbocycles. The standard InChI is InChI=1S/C19H20FN5O2/c1-13(14-2-4-15(20)5-3-14)23-17-10-16(27-9-8-26)11-18(24-17)25-19-12-21-6-7-22-19/h2-7,10-13,26H,8-9H2,1H3,(H2,22,23,24,25)/t13-/m0/s1. The van der Waals surface area contributed by atoms with Crippen LogP contribution in [-0.4, -0.2) is 33.3 Å². The Hall–Kier alpha value is -3.26. The van der Waals surface area contributed by atoms with Crippen molar-refractivity contribution in [3.8, 4) is 5.75 Å². The van der Waals surface area contributed by atoms with Crippen molar-refractivity contribution in [2.45, 2.75) is 13.0 Å². The van der Waals surface area contributed by atoms with E-state index in [1.54, 1.807) is 42.9 Å². The van der Waals surface area contributed by atoms with Crippen molar-refractivity contribution in [1.29, 1.82) is 0 Å². The molecule has 140 valence electrons. The summed E-state index contributed by atoms with van der Waals surface area (Å²) in [6.07, 6.45) is 4.73. The number of hydrogen-bond acceptors (Lipinski definition) is 7. The van der Waals surface area contributed by atoms with Crippen molar-refractivity contribution in [1.82, 2.24) is 15.0 Å². The summed E-state index contributed by atoms with van der Waals surface area (Å²) in [7, 11) is 0. The second kappa shape index (κ2) is 8.91. The average molecular weight is 369 g/mol. The molecule has 1 atom stereocenters. The van der Waals surface area contributed by atoms with Crippen LogP contribution in [0.15, 0.2) is 55.0 Å². The van der Waals surface area contributed by atoms with Gasteiger partial charge in [0.1, 0.15) is 35.6 Å². The lowest BCUT2D eigenvalue weighted by Crippen LogP contribution is -2.10. The summed E-state index contributed by atoms with van der Waals surface area (Å²) in [4.78, 5) is 12.7. The molecule has 2 heterocycles. The van der Waals surface area contributed by atoms with E-state index in [0.717, 1.165) is 5.56 Å². The van der Waals surface area contributed by atoms with Gasteiger partial charge in [0.2, 0.25) is 0 Å². The first-order valence-corrected chi connectivity index (χ1v) is 8.45. The Balaban J connectivity index is 1.81. The van der Waals surface area contributed by atoms with Gasteiger partial charge in [-0.05, 0) is 24.6 Å². The van der Waals surface area contributed by atoms with Crippen LogP contribution in [0.4, 0.5) is 21.8 Å². The largest absolute Gasteiger partial charge is 0.491 e. The van der Waals surface area contributed by atoms with Gasteiger partial charge in [0.05, 0.1) is 12.8 Å². The Kier molecular flexibility index (Phi) is 6.11. The van der Waals surface area contributed by atoms with Crippen LogP contribution in [0, 0.1) is 5.82 Å². The summed E-state index contributed by atoms with van der Waals surface area (Å²) in [5, 5.41) is 15.3. The zero-order valence-electron chi connectivity index (χ0n) is 14.8. The quantitative estimate of drug-likeness (QED) is 0.561. The summed E-state index contributed by atoms with van der Waals surface area (Å²) in [5.74, 6) is 1.88. The van der Waals surface area contributed by atoms with E-state index in [2.05, 4.69) is 25.6 Å². The van der Waals surface area contributed by atoms with E-state index >= 15 is 0 Å². The van der Waals surface area contributed by atoms with Crippen LogP contribution < -0.4 is 15.4 Å². The van der Waals surface area contributed by atoms with E-state index in [1.807, 2.05) is 6.92 Å². The maximum Gasteiger partial charge on any atom is 0.150 e. The predicted octanol–water partition coefficient (Wildman–Crippen LogP) is 3.30. The Labute approximate surface area is 156 Å². The van der Waals surface area contributed by atoms with E-state index < -0.39 is 0 Å². The molecule has 8 heteroatoms. The zero-order chi connectivity index (χ0) is 19.1. The minimum Gasteiger partial charge on any atom is -0.491 e. The number of halogens is 1. The SMILES string of the molecule is C[C@H](Nc1cc(OCCO)cc(Nc2cnccn2)n1)c1ccc(F)cc1. The van der Waals surface area contributed by atoms with E-state index in [4.69, 9.17) is 9.84 Å². The summed E-state index contributed by atoms with van der Waals surface area (Å²) in [5.41, 5.74) is 0.920. The number of aliphatic hydroxyl groups is 1. The zero-order valence-corrected chi connectivity index (χ0v) is 14.8. The normalized spacial score (nSPS) is 11.7. The number of hydrogen-bond donors (Lipinski definition) is 3. The van der Waals surface area contributed by atoms with Gasteiger partial charge in [0.25, 0.3) is 0 Å². The molecule has 3 N–H and O–H groups in total. The monoisotopic (exact) mass is 369 g/mol. The maximum absolute atomic E-state index is 13.1. The smallest absolute Gasteiger partial charge is 0.150 e. The van der Waals surface area contributed by atoms with Gasteiger partial charge in [-0.2, -0.15) is 0 Å². The van der Waals surface area contributed by atoms with Gasteiger partial charge in [-0.25, -0.2) is 14.4 Å². The van der Waals surface area contributed by atoms with E-state index in [1.165, 1.54) is 12.1 Å². The Morgan fingerprint density at radius 1 is 1.11 bits per heavy atom. The first-order valence-electron chi connectivity index (χ1n) is 8.45. The average Bonchev–Trinajstić information content (AvgIpc) is 2.67. The Bertz CT molecular complexity index is 862. The number of benzene rings is 1. The van der Waals surface area contributed by atoms with Crippen LogP contribution in [0.5, 0.6) is 5.75 Å². The highest BCUT2D eigenvalue weighted by atomic mass is 19.1. The molecule has 0 spiro atoms. The third-order valence-electron chi connectivity index (χ3n) is 3.71. The molecule has 3 rings (SSSR count). The lowest BCUT2D eigenvalue weighted by molar-refractivity contribution is 0.201. The summed E-state index contributed by atoms with van der Waals surface area (Å²) >= 11 is 0. The summed E-state index contributed by atoms with van der Waals surface area (Å²) in [6, 6.07) is 9.62. The number of anilines is 3. The second-order valence-electron chi connectivity index (χ2n) is 5.78. The summed E-state index contributed by atoms with van der Waals surface area (Å²) < 4.78 is 18.6. The molecule has 1 aromatic carbocycles. The van der Waals surface area contributed by atoms with Gasteiger partial charge < -0.3 is 20.5 Å². The molecule has 0 bridgehead atoms. The van der Waals surface area contributed by atoms with Gasteiger partial charge in [-0.1, -0.05) is 12.1 Å². The number of nitrogens with one attached hydrogen (secondary N) is 2. The van der Waals surface area contributed by atoms with Gasteiger partial charge in [-0.3, -0.25) is 4.98 Å². The molecular formula is C19H20FN5O2. The van der Waals surface area contributed by atoms with Crippen LogP contribution in [0.2, 0.25) is 0 Å². The van der Waals surface area contributed by atoms with Crippen LogP contribution >= 0.6 is 0 Å². The van der Waals surface area contributed by atoms with Crippen molar-refractivity contribution >= 4 is 17.5 Å². The van der Waals surface area contributed by atoms with E-state index in [0.29, 0.717) is 23.2 Å². The molecule has 3 aromatic rings. The van der Waals surface area contributed by atoms with Crippen LogP contribution in [0.1, 0.15) is 18.5 Å². The fourth-order valence-corrected chi connectivity index (χ4v) is 2.44. The van der Waals surface area contributed by atoms with E-state index in [9.17, 15) is 4.39 Å². The molecule has 0 radical (unpaired) electrons. The molecule has 0 aliphatic heterocycles.